The minimum absolute atomic E-state index is 0.178. The van der Waals surface area contributed by atoms with E-state index in [1.165, 1.54) is 7.11 Å². The van der Waals surface area contributed by atoms with Crippen LogP contribution in [0.5, 0.6) is 0 Å². The van der Waals surface area contributed by atoms with Crippen molar-refractivity contribution >= 4 is 16.0 Å². The van der Waals surface area contributed by atoms with Crippen molar-refractivity contribution in [1.29, 1.82) is 0 Å². The van der Waals surface area contributed by atoms with Crippen molar-refractivity contribution in [3.63, 3.8) is 0 Å². The summed E-state index contributed by atoms with van der Waals surface area (Å²) in [6.07, 6.45) is 0.240. The van der Waals surface area contributed by atoms with Crippen LogP contribution in [0.25, 0.3) is 10.4 Å². The summed E-state index contributed by atoms with van der Waals surface area (Å²) in [6, 6.07) is 0. The van der Waals surface area contributed by atoms with E-state index in [9.17, 15) is 13.2 Å². The van der Waals surface area contributed by atoms with Crippen LogP contribution in [0.15, 0.2) is 5.11 Å². The monoisotopic (exact) mass is 250 g/mol. The molecular weight excluding hydrogens is 236 g/mol. The predicted octanol–water partition coefficient (Wildman–Crippen LogP) is 0.169. The molecule has 0 atom stereocenters. The highest BCUT2D eigenvalue weighted by atomic mass is 32.2. The smallest absolute Gasteiger partial charge is 0.306 e. The average Bonchev–Trinajstić information content (AvgIpc) is 2.25. The SMILES string of the molecule is COC(=O)CCS(=O)(=O)NCCCN=[N+]=[N-]. The van der Waals surface area contributed by atoms with E-state index in [1.807, 2.05) is 0 Å². The molecule has 1 N–H and O–H groups in total. The Labute approximate surface area is 93.6 Å². The number of sulfonamides is 1. The molecule has 0 aromatic heterocycles. The fourth-order valence-electron chi connectivity index (χ4n) is 0.814. The molecule has 0 aliphatic heterocycles. The lowest BCUT2D eigenvalue weighted by Gasteiger charge is -2.04. The topological polar surface area (TPSA) is 121 Å². The van der Waals surface area contributed by atoms with Crippen LogP contribution in [-0.2, 0) is 19.6 Å². The van der Waals surface area contributed by atoms with E-state index in [4.69, 9.17) is 5.53 Å². The molecular formula is C7H14N4O4S. The lowest BCUT2D eigenvalue weighted by Crippen LogP contribution is -2.28. The Morgan fingerprint density at radius 1 is 1.56 bits per heavy atom. The summed E-state index contributed by atoms with van der Waals surface area (Å²) in [4.78, 5) is 13.2. The number of carbonyl (C=O) groups is 1. The summed E-state index contributed by atoms with van der Waals surface area (Å²) >= 11 is 0. The van der Waals surface area contributed by atoms with Crippen molar-refractivity contribution in [2.24, 2.45) is 5.11 Å². The van der Waals surface area contributed by atoms with Gasteiger partial charge in [-0.1, -0.05) is 5.11 Å². The first-order valence-corrected chi connectivity index (χ1v) is 6.22. The molecule has 0 bridgehead atoms. The highest BCUT2D eigenvalue weighted by molar-refractivity contribution is 7.89. The van der Waals surface area contributed by atoms with Gasteiger partial charge in [0.1, 0.15) is 0 Å². The molecule has 9 heteroatoms. The Kier molecular flexibility index (Phi) is 7.27. The third-order valence-corrected chi connectivity index (χ3v) is 3.01. The van der Waals surface area contributed by atoms with Crippen molar-refractivity contribution in [3.8, 4) is 0 Å². The summed E-state index contributed by atoms with van der Waals surface area (Å²) in [5.41, 5.74) is 7.97. The Hall–Kier alpha value is -1.31. The predicted molar refractivity (Wildman–Crippen MR) is 57.1 cm³/mol. The summed E-state index contributed by atoms with van der Waals surface area (Å²) in [5, 5.41) is 3.25. The number of esters is 1. The van der Waals surface area contributed by atoms with Gasteiger partial charge in [-0.15, -0.1) is 0 Å². The summed E-state index contributed by atoms with van der Waals surface area (Å²) < 4.78 is 29.1. The Morgan fingerprint density at radius 3 is 2.81 bits per heavy atom. The number of nitrogens with zero attached hydrogens (tertiary/aromatic N) is 3. The van der Waals surface area contributed by atoms with E-state index in [-0.39, 0.29) is 25.3 Å². The van der Waals surface area contributed by atoms with E-state index in [1.54, 1.807) is 0 Å². The van der Waals surface area contributed by atoms with E-state index < -0.39 is 16.0 Å². The molecule has 92 valence electrons. The third-order valence-electron chi connectivity index (χ3n) is 1.62. The summed E-state index contributed by atoms with van der Waals surface area (Å²) in [5.74, 6) is -0.874. The Morgan fingerprint density at radius 2 is 2.25 bits per heavy atom. The quantitative estimate of drug-likeness (QED) is 0.217. The summed E-state index contributed by atoms with van der Waals surface area (Å²) in [6.45, 7) is 0.415. The van der Waals surface area contributed by atoms with Crippen LogP contribution >= 0.6 is 0 Å². The number of hydrogen-bond acceptors (Lipinski definition) is 5. The zero-order chi connectivity index (χ0) is 12.4. The molecule has 0 spiro atoms. The Balaban J connectivity index is 3.79. The fourth-order valence-corrected chi connectivity index (χ4v) is 1.85. The molecule has 0 fully saturated rings. The number of rotatable bonds is 8. The van der Waals surface area contributed by atoms with Crippen molar-refractivity contribution in [3.05, 3.63) is 10.4 Å². The van der Waals surface area contributed by atoms with Crippen LogP contribution in [0.1, 0.15) is 12.8 Å². The first kappa shape index (κ1) is 14.7. The average molecular weight is 250 g/mol. The maximum atomic E-state index is 11.3. The van der Waals surface area contributed by atoms with Crippen LogP contribution < -0.4 is 4.72 Å². The Bertz CT molecular complexity index is 361. The molecule has 0 radical (unpaired) electrons. The second kappa shape index (κ2) is 7.91. The number of methoxy groups -OCH3 is 1. The molecule has 0 aliphatic rings. The fraction of sp³-hybridized carbons (Fsp3) is 0.857. The van der Waals surface area contributed by atoms with E-state index >= 15 is 0 Å². The zero-order valence-corrected chi connectivity index (χ0v) is 9.73. The minimum Gasteiger partial charge on any atom is -0.469 e. The largest absolute Gasteiger partial charge is 0.469 e. The van der Waals surface area contributed by atoms with Crippen LogP contribution in [0.3, 0.4) is 0 Å². The third kappa shape index (κ3) is 8.04. The number of azide groups is 1. The van der Waals surface area contributed by atoms with E-state index in [0.717, 1.165) is 0 Å². The van der Waals surface area contributed by atoms with Crippen LogP contribution in [0.4, 0.5) is 0 Å². The standard InChI is InChI=1S/C7H14N4O4S/c1-15-7(12)3-6-16(13,14)10-5-2-4-9-11-8/h10H,2-6H2,1H3. The normalized spacial score (nSPS) is 10.6. The maximum Gasteiger partial charge on any atom is 0.306 e. The lowest BCUT2D eigenvalue weighted by molar-refractivity contribution is -0.140. The molecule has 0 saturated carbocycles. The number of carbonyl (C=O) groups excluding carboxylic acids is 1. The van der Waals surface area contributed by atoms with Gasteiger partial charge in [0.05, 0.1) is 19.3 Å². The zero-order valence-electron chi connectivity index (χ0n) is 8.92. The van der Waals surface area contributed by atoms with Crippen molar-refractivity contribution in [2.45, 2.75) is 12.8 Å². The van der Waals surface area contributed by atoms with Gasteiger partial charge in [-0.05, 0) is 12.0 Å². The van der Waals surface area contributed by atoms with Crippen LogP contribution in [-0.4, -0.2) is 40.3 Å². The highest BCUT2D eigenvalue weighted by Gasteiger charge is 2.12. The molecule has 0 unspecified atom stereocenters. The molecule has 16 heavy (non-hydrogen) atoms. The van der Waals surface area contributed by atoms with E-state index in [0.29, 0.717) is 6.42 Å². The molecule has 0 heterocycles. The number of nitrogens with one attached hydrogen (secondary N) is 1. The molecule has 0 rings (SSSR count). The number of hydrogen-bond donors (Lipinski definition) is 1. The van der Waals surface area contributed by atoms with Crippen molar-refractivity contribution < 1.29 is 17.9 Å². The number of ether oxygens (including phenoxy) is 1. The van der Waals surface area contributed by atoms with Gasteiger partial charge in [-0.3, -0.25) is 4.79 Å². The van der Waals surface area contributed by atoms with Crippen LogP contribution in [0.2, 0.25) is 0 Å². The molecule has 0 saturated heterocycles. The second-order valence-electron chi connectivity index (χ2n) is 2.85. The lowest BCUT2D eigenvalue weighted by atomic mass is 10.4. The highest BCUT2D eigenvalue weighted by Crippen LogP contribution is 1.92. The van der Waals surface area contributed by atoms with Gasteiger partial charge in [0.2, 0.25) is 10.0 Å². The minimum atomic E-state index is -3.46. The molecule has 0 aliphatic carbocycles. The van der Waals surface area contributed by atoms with Crippen molar-refractivity contribution in [2.75, 3.05) is 26.0 Å². The van der Waals surface area contributed by atoms with Gasteiger partial charge in [0.25, 0.3) is 0 Å². The van der Waals surface area contributed by atoms with Crippen molar-refractivity contribution in [1.82, 2.24) is 4.72 Å². The molecule has 8 nitrogen and oxygen atoms in total. The molecule has 0 aromatic carbocycles. The van der Waals surface area contributed by atoms with Gasteiger partial charge in [-0.2, -0.15) is 0 Å². The second-order valence-corrected chi connectivity index (χ2v) is 4.77. The first-order chi connectivity index (χ1) is 7.52. The van der Waals surface area contributed by atoms with E-state index in [2.05, 4.69) is 19.5 Å². The van der Waals surface area contributed by atoms with Crippen LogP contribution in [0, 0.1) is 0 Å². The van der Waals surface area contributed by atoms with Gasteiger partial charge >= 0.3 is 5.97 Å². The first-order valence-electron chi connectivity index (χ1n) is 4.57. The van der Waals surface area contributed by atoms with Gasteiger partial charge in [-0.25, -0.2) is 13.1 Å². The summed E-state index contributed by atoms with van der Waals surface area (Å²) in [7, 11) is -2.26. The van der Waals surface area contributed by atoms with Gasteiger partial charge in [0.15, 0.2) is 0 Å². The van der Waals surface area contributed by atoms with Gasteiger partial charge < -0.3 is 4.74 Å². The molecule has 0 amide bonds. The van der Waals surface area contributed by atoms with Gasteiger partial charge in [0, 0.05) is 18.0 Å². The molecule has 0 aromatic rings. The maximum absolute atomic E-state index is 11.3.